The molecular weight excluding hydrogens is 342 g/mol. The molecule has 0 aliphatic carbocycles. The molecule has 0 fully saturated rings. The molecule has 0 saturated heterocycles. The molecule has 132 valence electrons. The van der Waals surface area contributed by atoms with E-state index in [1.165, 1.54) is 0 Å². The summed E-state index contributed by atoms with van der Waals surface area (Å²) in [5.74, 6) is 1.12. The van der Waals surface area contributed by atoms with E-state index in [0.717, 1.165) is 0 Å². The summed E-state index contributed by atoms with van der Waals surface area (Å²) in [4.78, 5) is 22.4. The summed E-state index contributed by atoms with van der Waals surface area (Å²) in [6.45, 7) is 0.469. The highest BCUT2D eigenvalue weighted by atomic mass is 35.5. The third-order valence-corrected chi connectivity index (χ3v) is 3.64. The van der Waals surface area contributed by atoms with Gasteiger partial charge in [0.15, 0.2) is 0 Å². The number of amides is 3. The minimum atomic E-state index is -0.552. The van der Waals surface area contributed by atoms with Crippen molar-refractivity contribution < 1.29 is 14.3 Å². The average molecular weight is 362 g/mol. The van der Waals surface area contributed by atoms with E-state index < -0.39 is 6.03 Å². The highest BCUT2D eigenvalue weighted by Crippen LogP contribution is 2.29. The molecule has 3 amide bonds. The lowest BCUT2D eigenvalue weighted by molar-refractivity contribution is -0.116. The Morgan fingerprint density at radius 1 is 1.04 bits per heavy atom. The van der Waals surface area contributed by atoms with Crippen molar-refractivity contribution in [3.05, 3.63) is 53.6 Å². The SMILES string of the molecule is NC(=O)NCCCCC(=O)Nc1ccc(Oc2ccccc2Cl)cc1. The van der Waals surface area contributed by atoms with Gasteiger partial charge in [0.1, 0.15) is 11.5 Å². The number of para-hydroxylation sites is 1. The van der Waals surface area contributed by atoms with E-state index in [9.17, 15) is 9.59 Å². The maximum atomic E-state index is 11.9. The predicted octanol–water partition coefficient (Wildman–Crippen LogP) is 3.91. The number of anilines is 1. The van der Waals surface area contributed by atoms with Crippen molar-refractivity contribution in [1.29, 1.82) is 0 Å². The van der Waals surface area contributed by atoms with Gasteiger partial charge < -0.3 is 21.1 Å². The Bertz CT molecular complexity index is 720. The molecule has 0 aromatic heterocycles. The molecule has 0 spiro atoms. The summed E-state index contributed by atoms with van der Waals surface area (Å²) in [5.41, 5.74) is 5.65. The van der Waals surface area contributed by atoms with Crippen molar-refractivity contribution in [2.75, 3.05) is 11.9 Å². The largest absolute Gasteiger partial charge is 0.456 e. The van der Waals surface area contributed by atoms with Gasteiger partial charge in [0.25, 0.3) is 0 Å². The monoisotopic (exact) mass is 361 g/mol. The molecule has 0 atom stereocenters. The number of nitrogens with two attached hydrogens (primary N) is 1. The number of carbonyl (C=O) groups excluding carboxylic acids is 2. The highest BCUT2D eigenvalue weighted by Gasteiger charge is 2.05. The summed E-state index contributed by atoms with van der Waals surface area (Å²) in [6.07, 6.45) is 1.74. The molecule has 2 aromatic carbocycles. The van der Waals surface area contributed by atoms with E-state index in [2.05, 4.69) is 10.6 Å². The molecule has 0 heterocycles. The van der Waals surface area contributed by atoms with Crippen LogP contribution in [0.15, 0.2) is 48.5 Å². The fourth-order valence-electron chi connectivity index (χ4n) is 2.11. The Balaban J connectivity index is 1.77. The van der Waals surface area contributed by atoms with Crippen LogP contribution in [-0.4, -0.2) is 18.5 Å². The van der Waals surface area contributed by atoms with Gasteiger partial charge in [-0.3, -0.25) is 4.79 Å². The van der Waals surface area contributed by atoms with Crippen molar-refractivity contribution in [1.82, 2.24) is 5.32 Å². The van der Waals surface area contributed by atoms with E-state index >= 15 is 0 Å². The number of hydrogen-bond donors (Lipinski definition) is 3. The van der Waals surface area contributed by atoms with Crippen LogP contribution in [0.5, 0.6) is 11.5 Å². The van der Waals surface area contributed by atoms with E-state index in [1.54, 1.807) is 36.4 Å². The van der Waals surface area contributed by atoms with Crippen LogP contribution in [0.25, 0.3) is 0 Å². The fraction of sp³-hybridized carbons (Fsp3) is 0.222. The van der Waals surface area contributed by atoms with Gasteiger partial charge in [-0.05, 0) is 49.2 Å². The van der Waals surface area contributed by atoms with Crippen LogP contribution >= 0.6 is 11.6 Å². The van der Waals surface area contributed by atoms with Crippen LogP contribution in [0.2, 0.25) is 5.02 Å². The molecule has 6 nitrogen and oxygen atoms in total. The van der Waals surface area contributed by atoms with Crippen LogP contribution in [0.3, 0.4) is 0 Å². The molecule has 2 rings (SSSR count). The molecule has 0 aliphatic heterocycles. The number of hydrogen-bond acceptors (Lipinski definition) is 3. The summed E-state index contributed by atoms with van der Waals surface area (Å²) in [7, 11) is 0. The lowest BCUT2D eigenvalue weighted by atomic mass is 10.2. The molecule has 0 bridgehead atoms. The van der Waals surface area contributed by atoms with Crippen molar-refractivity contribution in [2.45, 2.75) is 19.3 Å². The van der Waals surface area contributed by atoms with Crippen LogP contribution < -0.4 is 21.1 Å². The molecular formula is C18H20ClN3O3. The number of ether oxygens (including phenoxy) is 1. The molecule has 0 unspecified atom stereocenters. The number of nitrogens with one attached hydrogen (secondary N) is 2. The summed E-state index contributed by atoms with van der Waals surface area (Å²) >= 11 is 6.05. The molecule has 7 heteroatoms. The lowest BCUT2D eigenvalue weighted by Gasteiger charge is -2.09. The number of unbranched alkanes of at least 4 members (excludes halogenated alkanes) is 1. The van der Waals surface area contributed by atoms with Gasteiger partial charge in [-0.1, -0.05) is 23.7 Å². The Morgan fingerprint density at radius 2 is 1.76 bits per heavy atom. The molecule has 0 aliphatic rings. The average Bonchev–Trinajstić information content (AvgIpc) is 2.58. The summed E-state index contributed by atoms with van der Waals surface area (Å²) in [5, 5.41) is 5.83. The third kappa shape index (κ3) is 6.73. The van der Waals surface area contributed by atoms with Gasteiger partial charge in [-0.15, -0.1) is 0 Å². The predicted molar refractivity (Wildman–Crippen MR) is 98.0 cm³/mol. The maximum absolute atomic E-state index is 11.9. The smallest absolute Gasteiger partial charge is 0.312 e. The first-order valence-corrected chi connectivity index (χ1v) is 8.28. The minimum Gasteiger partial charge on any atom is -0.456 e. The topological polar surface area (TPSA) is 93.5 Å². The van der Waals surface area contributed by atoms with Crippen molar-refractivity contribution in [3.63, 3.8) is 0 Å². The van der Waals surface area contributed by atoms with Crippen molar-refractivity contribution in [2.24, 2.45) is 5.73 Å². The first-order valence-electron chi connectivity index (χ1n) is 7.90. The Hall–Kier alpha value is -2.73. The number of rotatable bonds is 8. The number of carbonyl (C=O) groups is 2. The third-order valence-electron chi connectivity index (χ3n) is 3.33. The standard InChI is InChI=1S/C18H20ClN3O3/c19-15-5-1-2-6-16(15)25-14-10-8-13(9-11-14)22-17(23)7-3-4-12-21-18(20)24/h1-2,5-6,8-11H,3-4,7,12H2,(H,22,23)(H3,20,21,24). The van der Waals surface area contributed by atoms with E-state index in [-0.39, 0.29) is 5.91 Å². The summed E-state index contributed by atoms with van der Waals surface area (Å²) < 4.78 is 5.69. The lowest BCUT2D eigenvalue weighted by Crippen LogP contribution is -2.30. The molecule has 2 aromatic rings. The van der Waals surface area contributed by atoms with Crippen molar-refractivity contribution >= 4 is 29.2 Å². The Morgan fingerprint density at radius 3 is 2.44 bits per heavy atom. The normalized spacial score (nSPS) is 10.1. The van der Waals surface area contributed by atoms with Gasteiger partial charge in [-0.2, -0.15) is 0 Å². The zero-order valence-corrected chi connectivity index (χ0v) is 14.4. The van der Waals surface area contributed by atoms with Crippen LogP contribution in [0.1, 0.15) is 19.3 Å². The van der Waals surface area contributed by atoms with Gasteiger partial charge in [0.2, 0.25) is 5.91 Å². The van der Waals surface area contributed by atoms with Gasteiger partial charge in [0.05, 0.1) is 5.02 Å². The molecule has 0 radical (unpaired) electrons. The Kier molecular flexibility index (Phi) is 7.10. The van der Waals surface area contributed by atoms with Gasteiger partial charge in [-0.25, -0.2) is 4.79 Å². The second kappa shape index (κ2) is 9.54. The second-order valence-corrected chi connectivity index (χ2v) is 5.76. The highest BCUT2D eigenvalue weighted by molar-refractivity contribution is 6.32. The zero-order valence-electron chi connectivity index (χ0n) is 13.6. The van der Waals surface area contributed by atoms with E-state index in [0.29, 0.717) is 48.0 Å². The van der Waals surface area contributed by atoms with E-state index in [1.807, 2.05) is 12.1 Å². The quantitative estimate of drug-likeness (QED) is 0.622. The van der Waals surface area contributed by atoms with Crippen LogP contribution in [-0.2, 0) is 4.79 Å². The van der Waals surface area contributed by atoms with E-state index in [4.69, 9.17) is 22.1 Å². The fourth-order valence-corrected chi connectivity index (χ4v) is 2.28. The second-order valence-electron chi connectivity index (χ2n) is 5.35. The Labute approximate surface area is 151 Å². The number of benzene rings is 2. The summed E-state index contributed by atoms with van der Waals surface area (Å²) in [6, 6.07) is 13.7. The first kappa shape index (κ1) is 18.6. The van der Waals surface area contributed by atoms with Crippen LogP contribution in [0.4, 0.5) is 10.5 Å². The first-order chi connectivity index (χ1) is 12.0. The zero-order chi connectivity index (χ0) is 18.1. The molecule has 25 heavy (non-hydrogen) atoms. The molecule has 4 N–H and O–H groups in total. The minimum absolute atomic E-state index is 0.0844. The number of halogens is 1. The molecule has 0 saturated carbocycles. The maximum Gasteiger partial charge on any atom is 0.312 e. The van der Waals surface area contributed by atoms with Crippen molar-refractivity contribution in [3.8, 4) is 11.5 Å². The van der Waals surface area contributed by atoms with Crippen LogP contribution in [0, 0.1) is 0 Å². The van der Waals surface area contributed by atoms with Gasteiger partial charge in [0, 0.05) is 18.7 Å². The van der Waals surface area contributed by atoms with Gasteiger partial charge >= 0.3 is 6.03 Å². The number of urea groups is 1. The number of primary amides is 1.